The number of hydrogen-bond acceptors (Lipinski definition) is 3. The van der Waals surface area contributed by atoms with Gasteiger partial charge >= 0.3 is 0 Å². The fourth-order valence-corrected chi connectivity index (χ4v) is 4.24. The SMILES string of the molecule is CCC(N)c1cccc(S(=O)(=O)N(C)C2CCCC2)c1. The second kappa shape index (κ2) is 6.24. The van der Waals surface area contributed by atoms with Crippen LogP contribution >= 0.6 is 0 Å². The van der Waals surface area contributed by atoms with E-state index in [2.05, 4.69) is 0 Å². The Hall–Kier alpha value is -0.910. The molecule has 0 amide bonds. The first-order valence-electron chi connectivity index (χ1n) is 7.30. The van der Waals surface area contributed by atoms with Gasteiger partial charge in [0.2, 0.25) is 10.0 Å². The molecule has 112 valence electrons. The number of rotatable bonds is 5. The van der Waals surface area contributed by atoms with E-state index >= 15 is 0 Å². The Balaban J connectivity index is 2.29. The molecule has 2 rings (SSSR count). The molecular formula is C15H24N2O2S. The van der Waals surface area contributed by atoms with Crippen LogP contribution in [0.4, 0.5) is 0 Å². The summed E-state index contributed by atoms with van der Waals surface area (Å²) < 4.78 is 26.9. The molecule has 0 bridgehead atoms. The maximum absolute atomic E-state index is 12.7. The first-order valence-corrected chi connectivity index (χ1v) is 8.74. The van der Waals surface area contributed by atoms with Gasteiger partial charge in [0.25, 0.3) is 0 Å². The third-order valence-electron chi connectivity index (χ3n) is 4.24. The van der Waals surface area contributed by atoms with Gasteiger partial charge in [-0.05, 0) is 37.0 Å². The molecule has 5 heteroatoms. The van der Waals surface area contributed by atoms with E-state index in [4.69, 9.17) is 5.73 Å². The third kappa shape index (κ3) is 3.05. The average molecular weight is 296 g/mol. The van der Waals surface area contributed by atoms with Gasteiger partial charge in [0.05, 0.1) is 4.90 Å². The van der Waals surface area contributed by atoms with Gasteiger partial charge in [-0.1, -0.05) is 31.9 Å². The monoisotopic (exact) mass is 296 g/mol. The molecular weight excluding hydrogens is 272 g/mol. The molecule has 0 aliphatic heterocycles. The highest BCUT2D eigenvalue weighted by Gasteiger charge is 2.30. The standard InChI is InChI=1S/C15H24N2O2S/c1-3-15(16)12-7-6-10-14(11-12)20(18,19)17(2)13-8-4-5-9-13/h6-7,10-11,13,15H,3-5,8-9,16H2,1-2H3. The maximum Gasteiger partial charge on any atom is 0.243 e. The molecule has 0 heterocycles. The van der Waals surface area contributed by atoms with E-state index in [1.54, 1.807) is 25.2 Å². The molecule has 1 saturated carbocycles. The molecule has 4 nitrogen and oxygen atoms in total. The highest BCUT2D eigenvalue weighted by Crippen LogP contribution is 2.28. The minimum atomic E-state index is -3.41. The predicted octanol–water partition coefficient (Wildman–Crippen LogP) is 2.66. The number of benzene rings is 1. The van der Waals surface area contributed by atoms with Crippen molar-refractivity contribution in [2.45, 2.75) is 56.0 Å². The topological polar surface area (TPSA) is 63.4 Å². The van der Waals surface area contributed by atoms with Crippen LogP contribution in [-0.2, 0) is 10.0 Å². The highest BCUT2D eigenvalue weighted by molar-refractivity contribution is 7.89. The summed E-state index contributed by atoms with van der Waals surface area (Å²) in [6, 6.07) is 7.08. The van der Waals surface area contributed by atoms with Crippen LogP contribution in [0.1, 0.15) is 50.6 Å². The maximum atomic E-state index is 12.7. The summed E-state index contributed by atoms with van der Waals surface area (Å²) in [5.41, 5.74) is 6.88. The van der Waals surface area contributed by atoms with Gasteiger partial charge in [0, 0.05) is 19.1 Å². The van der Waals surface area contributed by atoms with Crippen LogP contribution in [0.2, 0.25) is 0 Å². The van der Waals surface area contributed by atoms with Crippen LogP contribution in [0.25, 0.3) is 0 Å². The van der Waals surface area contributed by atoms with Crippen molar-refractivity contribution >= 4 is 10.0 Å². The van der Waals surface area contributed by atoms with Gasteiger partial charge in [-0.15, -0.1) is 0 Å². The summed E-state index contributed by atoms with van der Waals surface area (Å²) >= 11 is 0. The molecule has 1 fully saturated rings. The number of sulfonamides is 1. The Morgan fingerprint density at radius 2 is 2.00 bits per heavy atom. The lowest BCUT2D eigenvalue weighted by Crippen LogP contribution is -2.35. The molecule has 0 aromatic heterocycles. The van der Waals surface area contributed by atoms with Crippen molar-refractivity contribution < 1.29 is 8.42 Å². The Morgan fingerprint density at radius 1 is 1.35 bits per heavy atom. The number of nitrogens with zero attached hydrogens (tertiary/aromatic N) is 1. The lowest BCUT2D eigenvalue weighted by molar-refractivity contribution is 0.373. The van der Waals surface area contributed by atoms with E-state index < -0.39 is 10.0 Å². The van der Waals surface area contributed by atoms with Gasteiger partial charge < -0.3 is 5.73 Å². The molecule has 1 aromatic rings. The molecule has 0 spiro atoms. The van der Waals surface area contributed by atoms with Crippen molar-refractivity contribution in [2.75, 3.05) is 7.05 Å². The zero-order valence-electron chi connectivity index (χ0n) is 12.2. The zero-order valence-corrected chi connectivity index (χ0v) is 13.1. The normalized spacial score (nSPS) is 18.6. The van der Waals surface area contributed by atoms with Crippen LogP contribution in [0.5, 0.6) is 0 Å². The number of hydrogen-bond donors (Lipinski definition) is 1. The second-order valence-corrected chi connectivity index (χ2v) is 7.54. The number of nitrogens with two attached hydrogens (primary N) is 1. The molecule has 2 N–H and O–H groups in total. The van der Waals surface area contributed by atoms with E-state index in [-0.39, 0.29) is 12.1 Å². The van der Waals surface area contributed by atoms with Gasteiger partial charge in [-0.2, -0.15) is 4.31 Å². The van der Waals surface area contributed by atoms with Crippen molar-refractivity contribution in [1.82, 2.24) is 4.31 Å². The first-order chi connectivity index (χ1) is 9.46. The molecule has 1 atom stereocenters. The second-order valence-electron chi connectivity index (χ2n) is 5.55. The third-order valence-corrected chi connectivity index (χ3v) is 6.15. The largest absolute Gasteiger partial charge is 0.324 e. The smallest absolute Gasteiger partial charge is 0.243 e. The Morgan fingerprint density at radius 3 is 2.60 bits per heavy atom. The van der Waals surface area contributed by atoms with E-state index in [0.29, 0.717) is 4.90 Å². The van der Waals surface area contributed by atoms with E-state index in [1.165, 1.54) is 4.31 Å². The van der Waals surface area contributed by atoms with Crippen molar-refractivity contribution in [1.29, 1.82) is 0 Å². The fraction of sp³-hybridized carbons (Fsp3) is 0.600. The molecule has 20 heavy (non-hydrogen) atoms. The molecule has 1 unspecified atom stereocenters. The van der Waals surface area contributed by atoms with E-state index in [0.717, 1.165) is 37.7 Å². The van der Waals surface area contributed by atoms with Crippen molar-refractivity contribution in [3.8, 4) is 0 Å². The zero-order chi connectivity index (χ0) is 14.8. The average Bonchev–Trinajstić information content (AvgIpc) is 2.99. The fourth-order valence-electron chi connectivity index (χ4n) is 2.77. The van der Waals surface area contributed by atoms with E-state index in [1.807, 2.05) is 13.0 Å². The van der Waals surface area contributed by atoms with Gasteiger partial charge in [-0.25, -0.2) is 8.42 Å². The molecule has 1 aromatic carbocycles. The molecule has 1 aliphatic rings. The van der Waals surface area contributed by atoms with Gasteiger partial charge in [0.15, 0.2) is 0 Å². The molecule has 0 radical (unpaired) electrons. The summed E-state index contributed by atoms with van der Waals surface area (Å²) in [4.78, 5) is 0.355. The molecule has 1 aliphatic carbocycles. The Bertz CT molecular complexity index is 551. The van der Waals surface area contributed by atoms with Crippen molar-refractivity contribution in [3.05, 3.63) is 29.8 Å². The minimum absolute atomic E-state index is 0.109. The quantitative estimate of drug-likeness (QED) is 0.908. The summed E-state index contributed by atoms with van der Waals surface area (Å²) in [6.45, 7) is 2.00. The predicted molar refractivity (Wildman–Crippen MR) is 80.9 cm³/mol. The van der Waals surface area contributed by atoms with Crippen LogP contribution in [-0.4, -0.2) is 25.8 Å². The van der Waals surface area contributed by atoms with Crippen molar-refractivity contribution in [3.63, 3.8) is 0 Å². The van der Waals surface area contributed by atoms with Gasteiger partial charge in [-0.3, -0.25) is 0 Å². The Labute approximate surface area is 122 Å². The van der Waals surface area contributed by atoms with Crippen LogP contribution in [0.15, 0.2) is 29.2 Å². The van der Waals surface area contributed by atoms with E-state index in [9.17, 15) is 8.42 Å². The van der Waals surface area contributed by atoms with Crippen LogP contribution in [0.3, 0.4) is 0 Å². The lowest BCUT2D eigenvalue weighted by Gasteiger charge is -2.24. The van der Waals surface area contributed by atoms with Crippen LogP contribution < -0.4 is 5.73 Å². The van der Waals surface area contributed by atoms with Crippen molar-refractivity contribution in [2.24, 2.45) is 5.73 Å². The summed E-state index contributed by atoms with van der Waals surface area (Å²) in [6.07, 6.45) is 4.95. The van der Waals surface area contributed by atoms with Gasteiger partial charge in [0.1, 0.15) is 0 Å². The summed E-state index contributed by atoms with van der Waals surface area (Å²) in [7, 11) is -1.72. The Kier molecular flexibility index (Phi) is 4.83. The lowest BCUT2D eigenvalue weighted by atomic mass is 10.1. The highest BCUT2D eigenvalue weighted by atomic mass is 32.2. The summed E-state index contributed by atoms with van der Waals surface area (Å²) in [5.74, 6) is 0. The first kappa shape index (κ1) is 15.5. The molecule has 0 saturated heterocycles. The minimum Gasteiger partial charge on any atom is -0.324 e. The summed E-state index contributed by atoms with van der Waals surface area (Å²) in [5, 5.41) is 0. The van der Waals surface area contributed by atoms with Crippen LogP contribution in [0, 0.1) is 0 Å².